The number of aromatic nitrogens is 4. The Morgan fingerprint density at radius 2 is 2.04 bits per heavy atom. The number of urea groups is 1. The van der Waals surface area contributed by atoms with Crippen molar-refractivity contribution in [3.05, 3.63) is 17.1 Å². The van der Waals surface area contributed by atoms with Crippen molar-refractivity contribution in [2.75, 3.05) is 6.54 Å². The van der Waals surface area contributed by atoms with Gasteiger partial charge < -0.3 is 14.7 Å². The van der Waals surface area contributed by atoms with Crippen molar-refractivity contribution in [3.63, 3.8) is 0 Å². The molecule has 0 aromatic carbocycles. The predicted molar refractivity (Wildman–Crippen MR) is 93.4 cm³/mol. The second-order valence-corrected chi connectivity index (χ2v) is 7.73. The highest BCUT2D eigenvalue weighted by molar-refractivity contribution is 5.75. The van der Waals surface area contributed by atoms with Crippen molar-refractivity contribution in [1.29, 1.82) is 0 Å². The summed E-state index contributed by atoms with van der Waals surface area (Å²) in [5.41, 5.74) is 2.91. The SMILES string of the molecule is Cn1nc(-c2nc(C3CC3)no2)c2c1CCN(C(=O)NC1CCCC1)C2. The van der Waals surface area contributed by atoms with E-state index in [0.29, 0.717) is 30.9 Å². The fourth-order valence-corrected chi connectivity index (χ4v) is 4.11. The zero-order valence-corrected chi connectivity index (χ0v) is 15.1. The third kappa shape index (κ3) is 2.77. The van der Waals surface area contributed by atoms with Crippen molar-refractivity contribution >= 4 is 6.03 Å². The van der Waals surface area contributed by atoms with Crippen LogP contribution in [0.5, 0.6) is 0 Å². The first kappa shape index (κ1) is 15.8. The molecule has 0 bridgehead atoms. The lowest BCUT2D eigenvalue weighted by Crippen LogP contribution is -2.46. The summed E-state index contributed by atoms with van der Waals surface area (Å²) < 4.78 is 7.37. The zero-order valence-electron chi connectivity index (χ0n) is 15.1. The van der Waals surface area contributed by atoms with Gasteiger partial charge >= 0.3 is 6.03 Å². The Hall–Kier alpha value is -2.38. The Labute approximate surface area is 151 Å². The van der Waals surface area contributed by atoms with Crippen LogP contribution in [0, 0.1) is 0 Å². The minimum absolute atomic E-state index is 0.0292. The maximum absolute atomic E-state index is 12.7. The Morgan fingerprint density at radius 1 is 1.23 bits per heavy atom. The van der Waals surface area contributed by atoms with Crippen LogP contribution >= 0.6 is 0 Å². The van der Waals surface area contributed by atoms with Crippen LogP contribution in [-0.2, 0) is 20.0 Å². The Kier molecular flexibility index (Phi) is 3.72. The second-order valence-electron chi connectivity index (χ2n) is 7.73. The van der Waals surface area contributed by atoms with Crippen molar-refractivity contribution < 1.29 is 9.32 Å². The minimum Gasteiger partial charge on any atom is -0.335 e. The van der Waals surface area contributed by atoms with E-state index in [0.717, 1.165) is 54.9 Å². The number of carbonyl (C=O) groups is 1. The topological polar surface area (TPSA) is 89.1 Å². The lowest BCUT2D eigenvalue weighted by atomic mass is 10.1. The van der Waals surface area contributed by atoms with Crippen LogP contribution in [-0.4, -0.2) is 43.4 Å². The molecule has 1 aliphatic heterocycles. The first-order valence-electron chi connectivity index (χ1n) is 9.63. The molecule has 2 amide bonds. The molecule has 3 aliphatic rings. The highest BCUT2D eigenvalue weighted by Crippen LogP contribution is 2.39. The van der Waals surface area contributed by atoms with Gasteiger partial charge in [0.05, 0.1) is 6.54 Å². The van der Waals surface area contributed by atoms with Crippen LogP contribution in [0.2, 0.25) is 0 Å². The van der Waals surface area contributed by atoms with E-state index < -0.39 is 0 Å². The van der Waals surface area contributed by atoms with Crippen LogP contribution in [0.3, 0.4) is 0 Å². The Morgan fingerprint density at radius 3 is 2.81 bits per heavy atom. The van der Waals surface area contributed by atoms with Gasteiger partial charge in [-0.05, 0) is 25.7 Å². The van der Waals surface area contributed by atoms with Crippen LogP contribution in [0.15, 0.2) is 4.52 Å². The van der Waals surface area contributed by atoms with Gasteiger partial charge in [-0.15, -0.1) is 0 Å². The number of nitrogens with one attached hydrogen (secondary N) is 1. The molecule has 0 radical (unpaired) electrons. The molecule has 0 unspecified atom stereocenters. The van der Waals surface area contributed by atoms with Gasteiger partial charge in [0.1, 0.15) is 0 Å². The molecule has 2 fully saturated rings. The highest BCUT2D eigenvalue weighted by Gasteiger charge is 2.33. The third-order valence-corrected chi connectivity index (χ3v) is 5.80. The van der Waals surface area contributed by atoms with Crippen LogP contribution in [0.25, 0.3) is 11.6 Å². The first-order chi connectivity index (χ1) is 12.7. The number of hydrogen-bond acceptors (Lipinski definition) is 5. The second kappa shape index (κ2) is 6.10. The molecule has 0 atom stereocenters. The number of carbonyl (C=O) groups excluding carboxylic acids is 1. The molecule has 26 heavy (non-hydrogen) atoms. The lowest BCUT2D eigenvalue weighted by Gasteiger charge is -2.29. The number of fused-ring (bicyclic) bond motifs is 1. The van der Waals surface area contributed by atoms with Crippen LogP contribution < -0.4 is 5.32 Å². The number of aryl methyl sites for hydroxylation is 1. The average molecular weight is 356 g/mol. The van der Waals surface area contributed by atoms with E-state index in [4.69, 9.17) is 4.52 Å². The Balaban J connectivity index is 1.38. The summed E-state index contributed by atoms with van der Waals surface area (Å²) in [5.74, 6) is 1.70. The molecule has 2 aliphatic carbocycles. The summed E-state index contributed by atoms with van der Waals surface area (Å²) in [4.78, 5) is 19.1. The third-order valence-electron chi connectivity index (χ3n) is 5.80. The lowest BCUT2D eigenvalue weighted by molar-refractivity contribution is 0.188. The normalized spacial score (nSPS) is 20.4. The predicted octanol–water partition coefficient (Wildman–Crippen LogP) is 2.36. The van der Waals surface area contributed by atoms with E-state index in [9.17, 15) is 4.79 Å². The van der Waals surface area contributed by atoms with E-state index in [-0.39, 0.29) is 6.03 Å². The number of nitrogens with zero attached hydrogens (tertiary/aromatic N) is 5. The molecule has 2 saturated carbocycles. The molecule has 3 heterocycles. The Bertz CT molecular complexity index is 831. The van der Waals surface area contributed by atoms with Crippen LogP contribution in [0.1, 0.15) is 61.5 Å². The molecule has 138 valence electrons. The largest absolute Gasteiger partial charge is 0.335 e. The molecule has 8 nitrogen and oxygen atoms in total. The average Bonchev–Trinajstić information content (AvgIpc) is 3.05. The summed E-state index contributed by atoms with van der Waals surface area (Å²) in [6.45, 7) is 1.25. The molecular formula is C18H24N6O2. The first-order valence-corrected chi connectivity index (χ1v) is 9.63. The number of hydrogen-bond donors (Lipinski definition) is 1. The molecule has 2 aromatic rings. The molecule has 0 spiro atoms. The van der Waals surface area contributed by atoms with Gasteiger partial charge in [0, 0.05) is 43.2 Å². The van der Waals surface area contributed by atoms with Gasteiger partial charge in [0.15, 0.2) is 11.5 Å². The van der Waals surface area contributed by atoms with Gasteiger partial charge in [-0.3, -0.25) is 4.68 Å². The van der Waals surface area contributed by atoms with E-state index in [1.165, 1.54) is 12.8 Å². The molecule has 2 aromatic heterocycles. The van der Waals surface area contributed by atoms with Crippen molar-refractivity contribution in [1.82, 2.24) is 30.1 Å². The summed E-state index contributed by atoms with van der Waals surface area (Å²) >= 11 is 0. The number of rotatable bonds is 3. The quantitative estimate of drug-likeness (QED) is 0.912. The molecule has 8 heteroatoms. The van der Waals surface area contributed by atoms with Gasteiger partial charge in [0.2, 0.25) is 0 Å². The summed E-state index contributed by atoms with van der Waals surface area (Å²) in [7, 11) is 1.94. The van der Waals surface area contributed by atoms with E-state index in [1.54, 1.807) is 0 Å². The molecule has 0 saturated heterocycles. The fraction of sp³-hybridized carbons (Fsp3) is 0.667. The highest BCUT2D eigenvalue weighted by atomic mass is 16.5. The van der Waals surface area contributed by atoms with Gasteiger partial charge in [-0.1, -0.05) is 18.0 Å². The van der Waals surface area contributed by atoms with Crippen molar-refractivity contribution in [2.24, 2.45) is 7.05 Å². The molecule has 1 N–H and O–H groups in total. The maximum Gasteiger partial charge on any atom is 0.317 e. The van der Waals surface area contributed by atoms with E-state index >= 15 is 0 Å². The summed E-state index contributed by atoms with van der Waals surface area (Å²) in [6, 6.07) is 0.357. The van der Waals surface area contributed by atoms with E-state index in [2.05, 4.69) is 20.6 Å². The zero-order chi connectivity index (χ0) is 17.7. The van der Waals surface area contributed by atoms with Gasteiger partial charge in [-0.2, -0.15) is 10.1 Å². The summed E-state index contributed by atoms with van der Waals surface area (Å²) in [5, 5.41) is 11.9. The monoisotopic (exact) mass is 356 g/mol. The van der Waals surface area contributed by atoms with Crippen LogP contribution in [0.4, 0.5) is 4.79 Å². The molecule has 5 rings (SSSR count). The fourth-order valence-electron chi connectivity index (χ4n) is 4.11. The standard InChI is InChI=1S/C18H24N6O2/c1-23-14-8-9-24(18(25)19-12-4-2-3-5-12)10-13(14)15(21-23)17-20-16(22-26-17)11-6-7-11/h11-12H,2-10H2,1H3,(H,19,25). The number of amides is 2. The minimum atomic E-state index is 0.0292. The van der Waals surface area contributed by atoms with Crippen molar-refractivity contribution in [3.8, 4) is 11.6 Å². The maximum atomic E-state index is 12.7. The van der Waals surface area contributed by atoms with Gasteiger partial charge in [0.25, 0.3) is 5.89 Å². The van der Waals surface area contributed by atoms with E-state index in [1.807, 2.05) is 16.6 Å². The summed E-state index contributed by atoms with van der Waals surface area (Å²) in [6.07, 6.45) is 7.66. The van der Waals surface area contributed by atoms with Crippen molar-refractivity contribution in [2.45, 2.75) is 63.5 Å². The smallest absolute Gasteiger partial charge is 0.317 e. The molecular weight excluding hydrogens is 332 g/mol. The van der Waals surface area contributed by atoms with Gasteiger partial charge in [-0.25, -0.2) is 4.79 Å².